The molecule has 0 aliphatic rings. The topological polar surface area (TPSA) is 113 Å². The van der Waals surface area contributed by atoms with Gasteiger partial charge in [0.15, 0.2) is 0 Å². The van der Waals surface area contributed by atoms with Crippen LogP contribution in [0.25, 0.3) is 11.3 Å². The number of carbonyl (C=O) groups is 1. The number of nitrogens with one attached hydrogen (secondary N) is 4. The summed E-state index contributed by atoms with van der Waals surface area (Å²) in [5.41, 5.74) is 3.30. The molecule has 0 saturated carbocycles. The first-order valence-corrected chi connectivity index (χ1v) is 11.4. The number of aromatic nitrogens is 3. The lowest BCUT2D eigenvalue weighted by atomic mass is 9.98. The maximum atomic E-state index is 11.9. The zero-order valence-electron chi connectivity index (χ0n) is 20.7. The molecule has 1 amide bonds. The van der Waals surface area contributed by atoms with Crippen LogP contribution in [-0.4, -0.2) is 61.7 Å². The third-order valence-corrected chi connectivity index (χ3v) is 5.48. The fourth-order valence-corrected chi connectivity index (χ4v) is 3.51. The van der Waals surface area contributed by atoms with Crippen LogP contribution < -0.4 is 26.0 Å². The minimum atomic E-state index is -0.142. The van der Waals surface area contributed by atoms with Crippen molar-refractivity contribution in [2.24, 2.45) is 0 Å². The molecule has 1 atom stereocenters. The standard InChI is InChI=1S/C25H33N7O2.H2S/c1-17(20-8-6-18(25(33)27-3)12-22(20)34-4)14-29-24-13-21(31-16-32-24)19-7-9-23(30-15-19)28-11-5-10-26-2;/h6-9,12-13,15-17,26H,5,10-11,14H2,1-4H3,(H,27,33)(H,28,30)(H,29,31,32);1H2/t17-;/m1./s1. The highest BCUT2D eigenvalue weighted by molar-refractivity contribution is 7.59. The number of amides is 1. The summed E-state index contributed by atoms with van der Waals surface area (Å²) in [4.78, 5) is 25.1. The van der Waals surface area contributed by atoms with Gasteiger partial charge in [-0.15, -0.1) is 0 Å². The van der Waals surface area contributed by atoms with Gasteiger partial charge in [0, 0.05) is 49.4 Å². The third-order valence-electron chi connectivity index (χ3n) is 5.48. The van der Waals surface area contributed by atoms with Crippen molar-refractivity contribution < 1.29 is 9.53 Å². The van der Waals surface area contributed by atoms with Crippen molar-refractivity contribution in [2.45, 2.75) is 19.3 Å². The van der Waals surface area contributed by atoms with Gasteiger partial charge in [0.25, 0.3) is 5.91 Å². The number of ether oxygens (including phenoxy) is 1. The van der Waals surface area contributed by atoms with Gasteiger partial charge in [0.2, 0.25) is 0 Å². The first-order chi connectivity index (χ1) is 16.5. The van der Waals surface area contributed by atoms with Crippen molar-refractivity contribution in [2.75, 3.05) is 51.5 Å². The smallest absolute Gasteiger partial charge is 0.251 e. The molecule has 10 heteroatoms. The lowest BCUT2D eigenvalue weighted by Gasteiger charge is -2.17. The van der Waals surface area contributed by atoms with E-state index in [0.29, 0.717) is 17.9 Å². The Bertz CT molecular complexity index is 1080. The summed E-state index contributed by atoms with van der Waals surface area (Å²) in [7, 11) is 5.17. The van der Waals surface area contributed by atoms with E-state index >= 15 is 0 Å². The van der Waals surface area contributed by atoms with Crippen molar-refractivity contribution in [1.29, 1.82) is 0 Å². The molecule has 4 N–H and O–H groups in total. The van der Waals surface area contributed by atoms with Crippen LogP contribution in [0.5, 0.6) is 5.75 Å². The summed E-state index contributed by atoms with van der Waals surface area (Å²) in [6.45, 7) is 4.57. The van der Waals surface area contributed by atoms with Gasteiger partial charge in [0.1, 0.15) is 23.7 Å². The number of hydrogen-bond acceptors (Lipinski definition) is 8. The molecule has 35 heavy (non-hydrogen) atoms. The molecule has 0 radical (unpaired) electrons. The number of nitrogens with zero attached hydrogens (tertiary/aromatic N) is 3. The number of carbonyl (C=O) groups excluding carboxylic acids is 1. The molecule has 0 aliphatic heterocycles. The zero-order valence-corrected chi connectivity index (χ0v) is 21.7. The number of benzene rings is 1. The summed E-state index contributed by atoms with van der Waals surface area (Å²) in [6, 6.07) is 11.4. The van der Waals surface area contributed by atoms with Crippen molar-refractivity contribution >= 4 is 31.0 Å². The summed E-state index contributed by atoms with van der Waals surface area (Å²) >= 11 is 0. The Kier molecular flexibility index (Phi) is 11.2. The molecule has 188 valence electrons. The number of pyridine rings is 1. The van der Waals surface area contributed by atoms with E-state index < -0.39 is 0 Å². The van der Waals surface area contributed by atoms with Crippen molar-refractivity contribution in [3.63, 3.8) is 0 Å². The Hall–Kier alpha value is -3.37. The predicted octanol–water partition coefficient (Wildman–Crippen LogP) is 3.26. The number of hydrogen-bond donors (Lipinski definition) is 4. The third kappa shape index (κ3) is 7.83. The Morgan fingerprint density at radius 3 is 2.51 bits per heavy atom. The summed E-state index contributed by atoms with van der Waals surface area (Å²) in [6.07, 6.45) is 4.39. The van der Waals surface area contributed by atoms with Crippen molar-refractivity contribution in [3.05, 3.63) is 60.0 Å². The Balaban J connectivity index is 0.00000432. The second kappa shape index (κ2) is 14.1. The van der Waals surface area contributed by atoms with Crippen molar-refractivity contribution in [1.82, 2.24) is 25.6 Å². The van der Waals surface area contributed by atoms with Gasteiger partial charge < -0.3 is 26.0 Å². The molecule has 0 unspecified atom stereocenters. The van der Waals surface area contributed by atoms with Gasteiger partial charge in [0.05, 0.1) is 12.8 Å². The van der Waals surface area contributed by atoms with E-state index in [1.807, 2.05) is 43.6 Å². The maximum Gasteiger partial charge on any atom is 0.251 e. The molecule has 9 nitrogen and oxygen atoms in total. The predicted molar refractivity (Wildman–Crippen MR) is 146 cm³/mol. The molecular formula is C25H35N7O2S. The van der Waals surface area contributed by atoms with E-state index in [1.165, 1.54) is 0 Å². The first-order valence-electron chi connectivity index (χ1n) is 11.4. The molecule has 0 saturated heterocycles. The Labute approximate surface area is 214 Å². The van der Waals surface area contributed by atoms with Crippen LogP contribution in [0.1, 0.15) is 35.2 Å². The normalized spacial score (nSPS) is 11.2. The molecule has 1 aromatic carbocycles. The monoisotopic (exact) mass is 497 g/mol. The summed E-state index contributed by atoms with van der Waals surface area (Å²) < 4.78 is 5.53. The number of rotatable bonds is 12. The zero-order chi connectivity index (χ0) is 24.3. The highest BCUT2D eigenvalue weighted by Gasteiger charge is 2.15. The van der Waals surface area contributed by atoms with Crippen molar-refractivity contribution in [3.8, 4) is 17.0 Å². The van der Waals surface area contributed by atoms with Crippen LogP contribution in [-0.2, 0) is 0 Å². The number of anilines is 2. The SMILES string of the molecule is CNCCCNc1ccc(-c2cc(NC[C@@H](C)c3ccc(C(=O)NC)cc3OC)ncn2)cn1.S. The average molecular weight is 498 g/mol. The molecule has 2 aromatic heterocycles. The fraction of sp³-hybridized carbons (Fsp3) is 0.360. The van der Waals surface area contributed by atoms with E-state index in [0.717, 1.165) is 48.0 Å². The minimum Gasteiger partial charge on any atom is -0.496 e. The van der Waals surface area contributed by atoms with E-state index in [2.05, 4.69) is 43.1 Å². The summed E-state index contributed by atoms with van der Waals surface area (Å²) in [5, 5.41) is 12.5. The largest absolute Gasteiger partial charge is 0.496 e. The van der Waals surface area contributed by atoms with Gasteiger partial charge in [-0.3, -0.25) is 4.79 Å². The van der Waals surface area contributed by atoms with E-state index in [-0.39, 0.29) is 25.3 Å². The molecule has 3 rings (SSSR count). The van der Waals surface area contributed by atoms with Gasteiger partial charge >= 0.3 is 0 Å². The van der Waals surface area contributed by atoms with Crippen LogP contribution in [0.2, 0.25) is 0 Å². The molecule has 0 aliphatic carbocycles. The second-order valence-corrected chi connectivity index (χ2v) is 7.92. The van der Waals surface area contributed by atoms with Gasteiger partial charge in [-0.25, -0.2) is 15.0 Å². The summed E-state index contributed by atoms with van der Waals surface area (Å²) in [5.74, 6) is 2.24. The minimum absolute atomic E-state index is 0. The van der Waals surface area contributed by atoms with Crippen LogP contribution in [0.15, 0.2) is 48.9 Å². The second-order valence-electron chi connectivity index (χ2n) is 7.92. The van der Waals surface area contributed by atoms with Crippen LogP contribution >= 0.6 is 13.5 Å². The lowest BCUT2D eigenvalue weighted by molar-refractivity contribution is 0.0962. The van der Waals surface area contributed by atoms with Crippen LogP contribution in [0.4, 0.5) is 11.6 Å². The Morgan fingerprint density at radius 2 is 1.83 bits per heavy atom. The van der Waals surface area contributed by atoms with E-state index in [4.69, 9.17) is 4.74 Å². The maximum absolute atomic E-state index is 11.9. The van der Waals surface area contributed by atoms with Gasteiger partial charge in [-0.05, 0) is 49.8 Å². The molecule has 3 aromatic rings. The molecule has 0 bridgehead atoms. The van der Waals surface area contributed by atoms with Crippen LogP contribution in [0, 0.1) is 0 Å². The van der Waals surface area contributed by atoms with E-state index in [1.54, 1.807) is 26.6 Å². The van der Waals surface area contributed by atoms with Crippen LogP contribution in [0.3, 0.4) is 0 Å². The van der Waals surface area contributed by atoms with E-state index in [9.17, 15) is 4.79 Å². The lowest BCUT2D eigenvalue weighted by Crippen LogP contribution is -2.18. The van der Waals surface area contributed by atoms with Gasteiger partial charge in [-0.2, -0.15) is 13.5 Å². The fourth-order valence-electron chi connectivity index (χ4n) is 3.51. The highest BCUT2D eigenvalue weighted by Crippen LogP contribution is 2.28. The molecule has 0 fully saturated rings. The molecule has 2 heterocycles. The first kappa shape index (κ1) is 27.9. The average Bonchev–Trinajstić information content (AvgIpc) is 2.89. The quantitative estimate of drug-likeness (QED) is 0.282. The Morgan fingerprint density at radius 1 is 1.00 bits per heavy atom. The van der Waals surface area contributed by atoms with Gasteiger partial charge in [-0.1, -0.05) is 13.0 Å². The number of methoxy groups -OCH3 is 1. The molecular weight excluding hydrogens is 462 g/mol. The molecule has 0 spiro atoms. The highest BCUT2D eigenvalue weighted by atomic mass is 32.1.